The second-order valence-corrected chi connectivity index (χ2v) is 3.86. The molecule has 0 aliphatic rings. The standard InChI is InChI=1S/C14H9N3O/c18-14(11-6-16-9-17-7-11)12-3-1-2-10-4-5-15-8-13(10)12/h1-9H. The molecule has 0 radical (unpaired) electrons. The topological polar surface area (TPSA) is 55.7 Å². The minimum Gasteiger partial charge on any atom is -0.288 e. The Morgan fingerprint density at radius 1 is 0.944 bits per heavy atom. The van der Waals surface area contributed by atoms with Gasteiger partial charge in [0.25, 0.3) is 0 Å². The molecule has 0 bridgehead atoms. The lowest BCUT2D eigenvalue weighted by atomic mass is 10.0. The van der Waals surface area contributed by atoms with E-state index in [0.717, 1.165) is 10.8 Å². The number of aromatic nitrogens is 3. The largest absolute Gasteiger partial charge is 0.288 e. The monoisotopic (exact) mass is 235 g/mol. The van der Waals surface area contributed by atoms with Gasteiger partial charge in [-0.15, -0.1) is 0 Å². The van der Waals surface area contributed by atoms with E-state index in [9.17, 15) is 4.79 Å². The van der Waals surface area contributed by atoms with Gasteiger partial charge in [-0.05, 0) is 11.5 Å². The molecule has 3 aromatic rings. The average Bonchev–Trinajstić information content (AvgIpc) is 2.47. The summed E-state index contributed by atoms with van der Waals surface area (Å²) in [5.41, 5.74) is 1.10. The Balaban J connectivity index is 2.18. The summed E-state index contributed by atoms with van der Waals surface area (Å²) >= 11 is 0. The lowest BCUT2D eigenvalue weighted by Gasteiger charge is -2.04. The number of rotatable bonds is 2. The second kappa shape index (κ2) is 4.33. The summed E-state index contributed by atoms with van der Waals surface area (Å²) in [4.78, 5) is 24.1. The quantitative estimate of drug-likeness (QED) is 0.639. The van der Waals surface area contributed by atoms with Gasteiger partial charge in [-0.2, -0.15) is 0 Å². The van der Waals surface area contributed by atoms with Crippen molar-refractivity contribution in [1.29, 1.82) is 0 Å². The smallest absolute Gasteiger partial charge is 0.196 e. The van der Waals surface area contributed by atoms with E-state index in [4.69, 9.17) is 0 Å². The molecule has 2 heterocycles. The maximum absolute atomic E-state index is 12.4. The molecule has 0 amide bonds. The van der Waals surface area contributed by atoms with Crippen LogP contribution in [0.25, 0.3) is 10.8 Å². The SMILES string of the molecule is O=C(c1cncnc1)c1cccc2ccncc12. The van der Waals surface area contributed by atoms with Crippen LogP contribution in [0.5, 0.6) is 0 Å². The summed E-state index contributed by atoms with van der Waals surface area (Å²) in [6.07, 6.45) is 7.85. The fourth-order valence-corrected chi connectivity index (χ4v) is 1.88. The molecule has 18 heavy (non-hydrogen) atoms. The summed E-state index contributed by atoms with van der Waals surface area (Å²) in [5, 5.41) is 1.83. The average molecular weight is 235 g/mol. The van der Waals surface area contributed by atoms with Crippen LogP contribution in [0.1, 0.15) is 15.9 Å². The molecule has 1 aromatic carbocycles. The molecule has 86 valence electrons. The van der Waals surface area contributed by atoms with Crippen molar-refractivity contribution in [3.63, 3.8) is 0 Å². The Morgan fingerprint density at radius 2 is 1.78 bits per heavy atom. The maximum atomic E-state index is 12.4. The lowest BCUT2D eigenvalue weighted by molar-refractivity contribution is 0.103. The summed E-state index contributed by atoms with van der Waals surface area (Å²) in [6.45, 7) is 0. The summed E-state index contributed by atoms with van der Waals surface area (Å²) in [6, 6.07) is 7.49. The maximum Gasteiger partial charge on any atom is 0.196 e. The summed E-state index contributed by atoms with van der Waals surface area (Å²) in [5.74, 6) is -0.0887. The minimum absolute atomic E-state index is 0.0887. The Kier molecular flexibility index (Phi) is 2.53. The van der Waals surface area contributed by atoms with Crippen LogP contribution >= 0.6 is 0 Å². The van der Waals surface area contributed by atoms with E-state index < -0.39 is 0 Å². The molecule has 2 aromatic heterocycles. The number of nitrogens with zero attached hydrogens (tertiary/aromatic N) is 3. The fraction of sp³-hybridized carbons (Fsp3) is 0. The highest BCUT2D eigenvalue weighted by molar-refractivity contribution is 6.15. The molecule has 0 unspecified atom stereocenters. The van der Waals surface area contributed by atoms with Crippen LogP contribution in [0.4, 0.5) is 0 Å². The Bertz CT molecular complexity index is 705. The highest BCUT2D eigenvalue weighted by Gasteiger charge is 2.12. The first-order chi connectivity index (χ1) is 8.86. The van der Waals surface area contributed by atoms with Gasteiger partial charge >= 0.3 is 0 Å². The molecule has 0 atom stereocenters. The first-order valence-electron chi connectivity index (χ1n) is 5.49. The van der Waals surface area contributed by atoms with Crippen molar-refractivity contribution in [2.45, 2.75) is 0 Å². The zero-order valence-corrected chi connectivity index (χ0v) is 9.45. The van der Waals surface area contributed by atoms with Crippen LogP contribution in [0.2, 0.25) is 0 Å². The fourth-order valence-electron chi connectivity index (χ4n) is 1.88. The third-order valence-electron chi connectivity index (χ3n) is 2.75. The van der Waals surface area contributed by atoms with Gasteiger partial charge in [0.05, 0.1) is 5.56 Å². The molecule has 0 saturated heterocycles. The van der Waals surface area contributed by atoms with Gasteiger partial charge in [0.2, 0.25) is 0 Å². The van der Waals surface area contributed by atoms with E-state index in [2.05, 4.69) is 15.0 Å². The molecule has 3 rings (SSSR count). The van der Waals surface area contributed by atoms with E-state index in [1.54, 1.807) is 18.5 Å². The van der Waals surface area contributed by atoms with Crippen LogP contribution in [-0.2, 0) is 0 Å². The highest BCUT2D eigenvalue weighted by atomic mass is 16.1. The van der Waals surface area contributed by atoms with Gasteiger partial charge in [-0.3, -0.25) is 9.78 Å². The van der Waals surface area contributed by atoms with Crippen LogP contribution in [-0.4, -0.2) is 20.7 Å². The molecule has 4 nitrogen and oxygen atoms in total. The van der Waals surface area contributed by atoms with E-state index in [1.165, 1.54) is 18.7 Å². The molecule has 0 N–H and O–H groups in total. The number of benzene rings is 1. The third kappa shape index (κ3) is 1.73. The van der Waals surface area contributed by atoms with Gasteiger partial charge in [0, 0.05) is 35.7 Å². The van der Waals surface area contributed by atoms with Gasteiger partial charge in [0.1, 0.15) is 6.33 Å². The van der Waals surface area contributed by atoms with E-state index in [0.29, 0.717) is 11.1 Å². The van der Waals surface area contributed by atoms with Crippen LogP contribution < -0.4 is 0 Å². The lowest BCUT2D eigenvalue weighted by Crippen LogP contribution is -2.03. The number of hydrogen-bond donors (Lipinski definition) is 0. The van der Waals surface area contributed by atoms with Crippen molar-refractivity contribution in [3.05, 3.63) is 66.5 Å². The molecule has 0 saturated carbocycles. The summed E-state index contributed by atoms with van der Waals surface area (Å²) in [7, 11) is 0. The van der Waals surface area contributed by atoms with Gasteiger partial charge in [-0.25, -0.2) is 9.97 Å². The summed E-state index contributed by atoms with van der Waals surface area (Å²) < 4.78 is 0. The second-order valence-electron chi connectivity index (χ2n) is 3.86. The molecule has 0 spiro atoms. The van der Waals surface area contributed by atoms with Crippen molar-refractivity contribution >= 4 is 16.6 Å². The number of ketones is 1. The van der Waals surface area contributed by atoms with Crippen LogP contribution in [0.3, 0.4) is 0 Å². The number of hydrogen-bond acceptors (Lipinski definition) is 4. The van der Waals surface area contributed by atoms with Gasteiger partial charge < -0.3 is 0 Å². The zero-order valence-electron chi connectivity index (χ0n) is 9.45. The highest BCUT2D eigenvalue weighted by Crippen LogP contribution is 2.19. The Labute approximate surface area is 103 Å². The van der Waals surface area contributed by atoms with E-state index >= 15 is 0 Å². The van der Waals surface area contributed by atoms with Crippen molar-refractivity contribution in [2.75, 3.05) is 0 Å². The van der Waals surface area contributed by atoms with Crippen molar-refractivity contribution in [1.82, 2.24) is 15.0 Å². The minimum atomic E-state index is -0.0887. The number of pyridine rings is 1. The number of carbonyl (C=O) groups excluding carboxylic acids is 1. The number of carbonyl (C=O) groups is 1. The Morgan fingerprint density at radius 3 is 2.61 bits per heavy atom. The van der Waals surface area contributed by atoms with Crippen molar-refractivity contribution in [3.8, 4) is 0 Å². The van der Waals surface area contributed by atoms with Crippen LogP contribution in [0, 0.1) is 0 Å². The van der Waals surface area contributed by atoms with Crippen molar-refractivity contribution in [2.24, 2.45) is 0 Å². The Hall–Kier alpha value is -2.62. The molecular weight excluding hydrogens is 226 g/mol. The number of fused-ring (bicyclic) bond motifs is 1. The van der Waals surface area contributed by atoms with Gasteiger partial charge in [0.15, 0.2) is 5.78 Å². The molecule has 0 fully saturated rings. The van der Waals surface area contributed by atoms with Crippen molar-refractivity contribution < 1.29 is 4.79 Å². The molecular formula is C14H9N3O. The first kappa shape index (κ1) is 10.5. The normalized spacial score (nSPS) is 10.4. The predicted octanol–water partition coefficient (Wildman–Crippen LogP) is 2.26. The molecule has 0 aliphatic carbocycles. The third-order valence-corrected chi connectivity index (χ3v) is 2.75. The van der Waals surface area contributed by atoms with E-state index in [1.807, 2.05) is 18.2 Å². The molecule has 0 aliphatic heterocycles. The molecule has 4 heteroatoms. The predicted molar refractivity (Wildman–Crippen MR) is 67.2 cm³/mol. The van der Waals surface area contributed by atoms with Crippen LogP contribution in [0.15, 0.2) is 55.4 Å². The first-order valence-corrected chi connectivity index (χ1v) is 5.49. The van der Waals surface area contributed by atoms with Gasteiger partial charge in [-0.1, -0.05) is 18.2 Å². The zero-order chi connectivity index (χ0) is 12.4. The van der Waals surface area contributed by atoms with E-state index in [-0.39, 0.29) is 5.78 Å².